The van der Waals surface area contributed by atoms with Crippen molar-refractivity contribution in [1.82, 2.24) is 4.57 Å². The van der Waals surface area contributed by atoms with Crippen LogP contribution in [0.2, 0.25) is 0 Å². The fourth-order valence-electron chi connectivity index (χ4n) is 1.59. The molecule has 2 rings (SSSR count). The molecule has 0 saturated heterocycles. The Labute approximate surface area is 99.6 Å². The third-order valence-electron chi connectivity index (χ3n) is 2.42. The Morgan fingerprint density at radius 3 is 2.65 bits per heavy atom. The molecule has 0 aliphatic rings. The number of carbonyl (C=O) groups is 1. The summed E-state index contributed by atoms with van der Waals surface area (Å²) < 4.78 is 7.20. The highest BCUT2D eigenvalue weighted by Crippen LogP contribution is 2.05. The Hall–Kier alpha value is -2.07. The summed E-state index contributed by atoms with van der Waals surface area (Å²) in [7, 11) is 0. The molecule has 17 heavy (non-hydrogen) atoms. The zero-order chi connectivity index (χ0) is 12.1. The van der Waals surface area contributed by atoms with Crippen molar-refractivity contribution in [2.24, 2.45) is 5.73 Å². The standard InChI is InChI=1S/C13H14N2O2/c14-13(16)12-7-4-8-15(12)10-17-9-11-5-2-1-3-6-11/h1-8H,9-10H2,(H2,14,16). The van der Waals surface area contributed by atoms with Crippen LogP contribution in [0, 0.1) is 0 Å². The van der Waals surface area contributed by atoms with Crippen LogP contribution in [0.3, 0.4) is 0 Å². The van der Waals surface area contributed by atoms with Gasteiger partial charge in [-0.3, -0.25) is 4.79 Å². The van der Waals surface area contributed by atoms with E-state index in [2.05, 4.69) is 0 Å². The fourth-order valence-corrected chi connectivity index (χ4v) is 1.59. The summed E-state index contributed by atoms with van der Waals surface area (Å²) in [5, 5.41) is 0. The lowest BCUT2D eigenvalue weighted by Gasteiger charge is -2.08. The summed E-state index contributed by atoms with van der Waals surface area (Å²) in [6.07, 6.45) is 1.77. The van der Waals surface area contributed by atoms with E-state index in [1.807, 2.05) is 30.3 Å². The molecule has 0 atom stereocenters. The zero-order valence-electron chi connectivity index (χ0n) is 9.37. The zero-order valence-corrected chi connectivity index (χ0v) is 9.37. The molecule has 1 aromatic carbocycles. The second-order valence-electron chi connectivity index (χ2n) is 3.69. The van der Waals surface area contributed by atoms with Crippen molar-refractivity contribution >= 4 is 5.91 Å². The van der Waals surface area contributed by atoms with E-state index >= 15 is 0 Å². The molecular weight excluding hydrogens is 216 g/mol. The number of aromatic nitrogens is 1. The van der Waals surface area contributed by atoms with Gasteiger partial charge >= 0.3 is 0 Å². The van der Waals surface area contributed by atoms with Crippen LogP contribution in [0.1, 0.15) is 16.1 Å². The first-order valence-corrected chi connectivity index (χ1v) is 5.34. The molecule has 2 aromatic rings. The van der Waals surface area contributed by atoms with E-state index in [1.165, 1.54) is 0 Å². The van der Waals surface area contributed by atoms with Crippen LogP contribution in [-0.2, 0) is 18.1 Å². The van der Waals surface area contributed by atoms with Crippen molar-refractivity contribution in [2.75, 3.05) is 0 Å². The van der Waals surface area contributed by atoms with Crippen LogP contribution in [-0.4, -0.2) is 10.5 Å². The lowest BCUT2D eigenvalue weighted by atomic mass is 10.2. The minimum Gasteiger partial charge on any atom is -0.364 e. The molecule has 4 heteroatoms. The number of ether oxygens (including phenoxy) is 1. The first-order valence-electron chi connectivity index (χ1n) is 5.34. The molecule has 0 spiro atoms. The molecule has 0 fully saturated rings. The predicted octanol–water partition coefficient (Wildman–Crippen LogP) is 1.76. The third-order valence-corrected chi connectivity index (χ3v) is 2.42. The average molecular weight is 230 g/mol. The fraction of sp³-hybridized carbons (Fsp3) is 0.154. The Morgan fingerprint density at radius 1 is 1.18 bits per heavy atom. The molecule has 0 radical (unpaired) electrons. The van der Waals surface area contributed by atoms with Gasteiger partial charge in [-0.25, -0.2) is 0 Å². The van der Waals surface area contributed by atoms with Crippen LogP contribution in [0.25, 0.3) is 0 Å². The van der Waals surface area contributed by atoms with Gasteiger partial charge in [0.25, 0.3) is 5.91 Å². The largest absolute Gasteiger partial charge is 0.364 e. The molecule has 0 unspecified atom stereocenters. The first-order chi connectivity index (χ1) is 8.27. The number of nitrogens with zero attached hydrogens (tertiary/aromatic N) is 1. The van der Waals surface area contributed by atoms with Gasteiger partial charge in [0.15, 0.2) is 0 Å². The molecule has 0 aliphatic heterocycles. The van der Waals surface area contributed by atoms with Crippen molar-refractivity contribution in [2.45, 2.75) is 13.3 Å². The Bertz CT molecular complexity index is 491. The lowest BCUT2D eigenvalue weighted by molar-refractivity contribution is 0.0612. The maximum absolute atomic E-state index is 11.1. The molecule has 0 aliphatic carbocycles. The number of carbonyl (C=O) groups excluding carboxylic acids is 1. The summed E-state index contributed by atoms with van der Waals surface area (Å²) in [6.45, 7) is 0.831. The van der Waals surface area contributed by atoms with Gasteiger partial charge in [-0.1, -0.05) is 30.3 Å². The van der Waals surface area contributed by atoms with Crippen molar-refractivity contribution < 1.29 is 9.53 Å². The maximum atomic E-state index is 11.1. The highest BCUT2D eigenvalue weighted by atomic mass is 16.5. The number of amides is 1. The number of hydrogen-bond acceptors (Lipinski definition) is 2. The van der Waals surface area contributed by atoms with Crippen LogP contribution >= 0.6 is 0 Å². The highest BCUT2D eigenvalue weighted by Gasteiger charge is 2.05. The monoisotopic (exact) mass is 230 g/mol. The smallest absolute Gasteiger partial charge is 0.265 e. The molecule has 1 aromatic heterocycles. The summed E-state index contributed by atoms with van der Waals surface area (Å²) in [6, 6.07) is 13.3. The minimum absolute atomic E-state index is 0.320. The topological polar surface area (TPSA) is 57.2 Å². The SMILES string of the molecule is NC(=O)c1cccn1COCc1ccccc1. The molecule has 0 bridgehead atoms. The average Bonchev–Trinajstić information content (AvgIpc) is 2.79. The van der Waals surface area contributed by atoms with Gasteiger partial charge in [0.2, 0.25) is 0 Å². The number of nitrogens with two attached hydrogens (primary N) is 1. The molecule has 1 heterocycles. The number of benzene rings is 1. The van der Waals surface area contributed by atoms with Crippen LogP contribution in [0.5, 0.6) is 0 Å². The number of hydrogen-bond donors (Lipinski definition) is 1. The van der Waals surface area contributed by atoms with Gasteiger partial charge in [-0.2, -0.15) is 0 Å². The normalized spacial score (nSPS) is 10.4. The van der Waals surface area contributed by atoms with E-state index in [4.69, 9.17) is 10.5 Å². The molecule has 0 saturated carbocycles. The molecular formula is C13H14N2O2. The second-order valence-corrected chi connectivity index (χ2v) is 3.69. The van der Waals surface area contributed by atoms with Gasteiger partial charge < -0.3 is 15.0 Å². The van der Waals surface area contributed by atoms with Crippen molar-refractivity contribution in [3.8, 4) is 0 Å². The number of primary amides is 1. The van der Waals surface area contributed by atoms with Gasteiger partial charge in [-0.15, -0.1) is 0 Å². The summed E-state index contributed by atoms with van der Waals surface area (Å²) in [5.41, 5.74) is 6.78. The van der Waals surface area contributed by atoms with E-state index in [0.29, 0.717) is 19.0 Å². The van der Waals surface area contributed by atoms with E-state index in [1.54, 1.807) is 22.9 Å². The van der Waals surface area contributed by atoms with E-state index in [0.717, 1.165) is 5.56 Å². The van der Waals surface area contributed by atoms with Gasteiger partial charge in [-0.05, 0) is 17.7 Å². The quantitative estimate of drug-likeness (QED) is 0.850. The van der Waals surface area contributed by atoms with Gasteiger partial charge in [0.05, 0.1) is 6.61 Å². The summed E-state index contributed by atoms with van der Waals surface area (Å²) >= 11 is 0. The van der Waals surface area contributed by atoms with Crippen LogP contribution in [0.15, 0.2) is 48.7 Å². The predicted molar refractivity (Wildman–Crippen MR) is 64.2 cm³/mol. The van der Waals surface area contributed by atoms with E-state index in [-0.39, 0.29) is 0 Å². The van der Waals surface area contributed by atoms with Crippen LogP contribution < -0.4 is 5.73 Å². The minimum atomic E-state index is -0.446. The maximum Gasteiger partial charge on any atom is 0.265 e. The second kappa shape index (κ2) is 5.32. The number of rotatable bonds is 5. The lowest BCUT2D eigenvalue weighted by Crippen LogP contribution is -2.17. The third kappa shape index (κ3) is 2.95. The van der Waals surface area contributed by atoms with E-state index < -0.39 is 5.91 Å². The van der Waals surface area contributed by atoms with Crippen molar-refractivity contribution in [3.63, 3.8) is 0 Å². The van der Waals surface area contributed by atoms with Crippen molar-refractivity contribution in [3.05, 3.63) is 59.9 Å². The molecule has 2 N–H and O–H groups in total. The van der Waals surface area contributed by atoms with E-state index in [9.17, 15) is 4.79 Å². The molecule has 1 amide bonds. The highest BCUT2D eigenvalue weighted by molar-refractivity contribution is 5.91. The summed E-state index contributed by atoms with van der Waals surface area (Å²) in [5.74, 6) is -0.446. The Kier molecular flexibility index (Phi) is 3.57. The molecule has 4 nitrogen and oxygen atoms in total. The summed E-state index contributed by atoms with van der Waals surface area (Å²) in [4.78, 5) is 11.1. The van der Waals surface area contributed by atoms with Gasteiger partial charge in [0, 0.05) is 6.20 Å². The van der Waals surface area contributed by atoms with Crippen molar-refractivity contribution in [1.29, 1.82) is 0 Å². The van der Waals surface area contributed by atoms with Crippen LogP contribution in [0.4, 0.5) is 0 Å². The Balaban J connectivity index is 1.90. The Morgan fingerprint density at radius 2 is 1.94 bits per heavy atom. The first kappa shape index (κ1) is 11.4. The van der Waals surface area contributed by atoms with Gasteiger partial charge in [0.1, 0.15) is 12.4 Å². The molecule has 88 valence electrons.